The second kappa shape index (κ2) is 7.69. The molecule has 1 saturated heterocycles. The first kappa shape index (κ1) is 23.5. The Kier molecular flexibility index (Phi) is 4.88. The summed E-state index contributed by atoms with van der Waals surface area (Å²) in [6, 6.07) is 10.9. The molecule has 0 atom stereocenters. The first-order chi connectivity index (χ1) is 17.6. The van der Waals surface area contributed by atoms with E-state index in [4.69, 9.17) is 11.6 Å². The number of halogens is 5. The molecule has 2 saturated carbocycles. The summed E-state index contributed by atoms with van der Waals surface area (Å²) in [6.07, 6.45) is -2.33. The van der Waals surface area contributed by atoms with E-state index in [2.05, 4.69) is 15.1 Å². The average Bonchev–Trinajstić information content (AvgIpc) is 3.54. The van der Waals surface area contributed by atoms with E-state index in [1.54, 1.807) is 25.1 Å². The molecule has 2 aromatic carbocycles. The van der Waals surface area contributed by atoms with Crippen molar-refractivity contribution < 1.29 is 17.6 Å². The maximum Gasteiger partial charge on any atom is 0.406 e. The molecule has 3 aromatic rings. The molecule has 2 aliphatic heterocycles. The Morgan fingerprint density at radius 3 is 2.46 bits per heavy atom. The van der Waals surface area contributed by atoms with E-state index in [0.717, 1.165) is 43.0 Å². The molecule has 5 nitrogen and oxygen atoms in total. The minimum absolute atomic E-state index is 0.0804. The van der Waals surface area contributed by atoms with E-state index < -0.39 is 11.7 Å². The Morgan fingerprint density at radius 2 is 1.76 bits per heavy atom. The third-order valence-corrected chi connectivity index (χ3v) is 9.11. The summed E-state index contributed by atoms with van der Waals surface area (Å²) < 4.78 is 58.7. The van der Waals surface area contributed by atoms with Crippen LogP contribution in [0.25, 0.3) is 5.69 Å². The van der Waals surface area contributed by atoms with Crippen LogP contribution in [0.4, 0.5) is 23.2 Å². The molecule has 3 heterocycles. The number of aromatic nitrogens is 3. The normalized spacial score (nSPS) is 22.2. The number of fused-ring (bicyclic) bond motifs is 3. The lowest BCUT2D eigenvalue weighted by Gasteiger charge is -2.59. The average molecular weight is 532 g/mol. The van der Waals surface area contributed by atoms with Crippen LogP contribution >= 0.6 is 11.6 Å². The Labute approximate surface area is 217 Å². The summed E-state index contributed by atoms with van der Waals surface area (Å²) in [5, 5.41) is 9.40. The molecule has 0 bridgehead atoms. The van der Waals surface area contributed by atoms with Crippen LogP contribution in [-0.2, 0) is 13.1 Å². The highest BCUT2D eigenvalue weighted by atomic mass is 35.5. The van der Waals surface area contributed by atoms with Gasteiger partial charge in [-0.1, -0.05) is 23.7 Å². The van der Waals surface area contributed by atoms with Crippen LogP contribution in [0.1, 0.15) is 54.4 Å². The van der Waals surface area contributed by atoms with Gasteiger partial charge >= 0.3 is 6.18 Å². The summed E-state index contributed by atoms with van der Waals surface area (Å²) in [5.41, 5.74) is 1.15. The standard InChI is InChI=1S/C27H26ClF4N5/c1-16-3-2-4-21(23(16)29)35-14-25(15-35)10-18(11-25)24-34-33-22-13-36(26(7-8-26)27(30,31)32)12-17-9-19(28)5-6-20(17)37(22)24/h2-6,9,18H,7-8,10-15H2,1H3. The van der Waals surface area contributed by atoms with E-state index in [0.29, 0.717) is 22.1 Å². The fourth-order valence-electron chi connectivity index (χ4n) is 6.73. The number of benzene rings is 2. The minimum atomic E-state index is -4.31. The van der Waals surface area contributed by atoms with E-state index in [1.807, 2.05) is 22.8 Å². The first-order valence-corrected chi connectivity index (χ1v) is 13.0. The number of anilines is 1. The molecule has 0 unspecified atom stereocenters. The Hall–Kier alpha value is -2.65. The van der Waals surface area contributed by atoms with Gasteiger partial charge in [0.1, 0.15) is 17.2 Å². The summed E-state index contributed by atoms with van der Waals surface area (Å²) >= 11 is 6.28. The highest BCUT2D eigenvalue weighted by molar-refractivity contribution is 6.30. The first-order valence-electron chi connectivity index (χ1n) is 12.6. The number of hydrogen-bond acceptors (Lipinski definition) is 4. The molecule has 0 radical (unpaired) electrons. The van der Waals surface area contributed by atoms with Gasteiger partial charge in [0.05, 0.1) is 17.9 Å². The highest BCUT2D eigenvalue weighted by Crippen LogP contribution is 2.58. The van der Waals surface area contributed by atoms with Crippen molar-refractivity contribution in [1.29, 1.82) is 0 Å². The van der Waals surface area contributed by atoms with Gasteiger partial charge in [0, 0.05) is 36.0 Å². The van der Waals surface area contributed by atoms with Crippen LogP contribution in [0.15, 0.2) is 36.4 Å². The molecule has 3 fully saturated rings. The van der Waals surface area contributed by atoms with Gasteiger partial charge in [0.25, 0.3) is 0 Å². The predicted octanol–water partition coefficient (Wildman–Crippen LogP) is 6.16. The molecule has 4 aliphatic rings. The van der Waals surface area contributed by atoms with Crippen molar-refractivity contribution in [3.63, 3.8) is 0 Å². The number of aryl methyl sites for hydroxylation is 1. The van der Waals surface area contributed by atoms with Crippen molar-refractivity contribution in [2.45, 2.75) is 63.3 Å². The zero-order valence-electron chi connectivity index (χ0n) is 20.3. The maximum atomic E-state index is 14.6. The fraction of sp³-hybridized carbons (Fsp3) is 0.481. The van der Waals surface area contributed by atoms with Gasteiger partial charge in [-0.05, 0) is 68.0 Å². The number of rotatable bonds is 3. The maximum absolute atomic E-state index is 14.6. The largest absolute Gasteiger partial charge is 0.406 e. The van der Waals surface area contributed by atoms with Crippen LogP contribution in [-0.4, -0.2) is 44.5 Å². The lowest BCUT2D eigenvalue weighted by atomic mass is 9.57. The monoisotopic (exact) mass is 531 g/mol. The SMILES string of the molecule is Cc1cccc(N2CC3(CC(c4nnc5n4-c4ccc(Cl)cc4CN(C4(C(F)(F)F)CC4)C5)C3)C2)c1F. The van der Waals surface area contributed by atoms with Gasteiger partial charge in [-0.2, -0.15) is 13.2 Å². The van der Waals surface area contributed by atoms with Crippen LogP contribution in [0, 0.1) is 18.2 Å². The Morgan fingerprint density at radius 1 is 1.00 bits per heavy atom. The zero-order valence-corrected chi connectivity index (χ0v) is 21.1. The zero-order chi connectivity index (χ0) is 25.7. The molecule has 37 heavy (non-hydrogen) atoms. The lowest BCUT2D eigenvalue weighted by Crippen LogP contribution is -2.62. The highest BCUT2D eigenvalue weighted by Gasteiger charge is 2.67. The quantitative estimate of drug-likeness (QED) is 0.379. The molecule has 7 rings (SSSR count). The van der Waals surface area contributed by atoms with Gasteiger partial charge in [-0.25, -0.2) is 4.39 Å². The van der Waals surface area contributed by atoms with E-state index >= 15 is 0 Å². The van der Waals surface area contributed by atoms with Crippen LogP contribution < -0.4 is 4.90 Å². The predicted molar refractivity (Wildman–Crippen MR) is 131 cm³/mol. The summed E-state index contributed by atoms with van der Waals surface area (Å²) in [6.45, 7) is 3.59. The van der Waals surface area contributed by atoms with Gasteiger partial charge in [0.15, 0.2) is 5.82 Å². The van der Waals surface area contributed by atoms with Crippen molar-refractivity contribution in [2.24, 2.45) is 5.41 Å². The molecule has 1 aromatic heterocycles. The molecular formula is C27H26ClF4N5. The fourth-order valence-corrected chi connectivity index (χ4v) is 6.92. The summed E-state index contributed by atoms with van der Waals surface area (Å²) in [4.78, 5) is 3.59. The van der Waals surface area contributed by atoms with Crippen molar-refractivity contribution >= 4 is 17.3 Å². The molecule has 10 heteroatoms. The van der Waals surface area contributed by atoms with Crippen molar-refractivity contribution in [2.75, 3.05) is 18.0 Å². The molecule has 2 aliphatic carbocycles. The van der Waals surface area contributed by atoms with Gasteiger partial charge < -0.3 is 4.90 Å². The summed E-state index contributed by atoms with van der Waals surface area (Å²) in [5.74, 6) is 1.31. The smallest absolute Gasteiger partial charge is 0.368 e. The van der Waals surface area contributed by atoms with E-state index in [-0.39, 0.29) is 43.1 Å². The second-order valence-electron chi connectivity index (χ2n) is 11.3. The van der Waals surface area contributed by atoms with Crippen molar-refractivity contribution in [3.8, 4) is 5.69 Å². The van der Waals surface area contributed by atoms with Gasteiger partial charge in [-0.3, -0.25) is 9.47 Å². The van der Waals surface area contributed by atoms with Gasteiger partial charge in [-0.15, -0.1) is 10.2 Å². The molecular weight excluding hydrogens is 506 g/mol. The van der Waals surface area contributed by atoms with E-state index in [9.17, 15) is 17.6 Å². The lowest BCUT2D eigenvalue weighted by molar-refractivity contribution is -0.200. The molecule has 194 valence electrons. The number of hydrogen-bond donors (Lipinski definition) is 0. The van der Waals surface area contributed by atoms with Crippen molar-refractivity contribution in [3.05, 3.63) is 70.0 Å². The third-order valence-electron chi connectivity index (χ3n) is 8.88. The molecule has 0 amide bonds. The van der Waals surface area contributed by atoms with Crippen LogP contribution in [0.3, 0.4) is 0 Å². The second-order valence-corrected chi connectivity index (χ2v) is 11.8. The van der Waals surface area contributed by atoms with Crippen molar-refractivity contribution in [1.82, 2.24) is 19.7 Å². The number of alkyl halides is 3. The number of nitrogens with zero attached hydrogens (tertiary/aromatic N) is 5. The van der Waals surface area contributed by atoms with Crippen LogP contribution in [0.2, 0.25) is 5.02 Å². The Balaban J connectivity index is 1.16. The van der Waals surface area contributed by atoms with E-state index in [1.165, 1.54) is 4.90 Å². The van der Waals surface area contributed by atoms with Crippen LogP contribution in [0.5, 0.6) is 0 Å². The Bertz CT molecular complexity index is 1400. The van der Waals surface area contributed by atoms with Gasteiger partial charge in [0.2, 0.25) is 0 Å². The summed E-state index contributed by atoms with van der Waals surface area (Å²) in [7, 11) is 0. The molecule has 0 N–H and O–H groups in total. The minimum Gasteiger partial charge on any atom is -0.368 e. The topological polar surface area (TPSA) is 37.2 Å². The molecule has 1 spiro atoms. The third kappa shape index (κ3) is 3.46.